The van der Waals surface area contributed by atoms with Crippen LogP contribution in [0, 0.1) is 27.7 Å². The molecule has 0 unspecified atom stereocenters. The van der Waals surface area contributed by atoms with E-state index in [9.17, 15) is 0 Å². The molecule has 0 aliphatic rings. The number of aryl methyl sites for hydroxylation is 4. The van der Waals surface area contributed by atoms with Gasteiger partial charge in [0.1, 0.15) is 0 Å². The maximum atomic E-state index is 16.2. The number of alkyl halides is 3. The number of rotatable bonds is 6. The summed E-state index contributed by atoms with van der Waals surface area (Å²) in [4.78, 5) is 15.2. The van der Waals surface area contributed by atoms with E-state index in [1.54, 1.807) is 6.07 Å². The van der Waals surface area contributed by atoms with E-state index in [-0.39, 0.29) is 11.4 Å². The lowest BCUT2D eigenvalue weighted by Crippen LogP contribution is -2.12. The highest BCUT2D eigenvalue weighted by Crippen LogP contribution is 2.49. The van der Waals surface area contributed by atoms with Gasteiger partial charge in [-0.15, -0.1) is 0 Å². The lowest BCUT2D eigenvalue weighted by molar-refractivity contribution is -0.137. The molecule has 11 aromatic rings. The van der Waals surface area contributed by atoms with Crippen molar-refractivity contribution in [2.75, 3.05) is 0 Å². The van der Waals surface area contributed by atoms with Gasteiger partial charge in [0.2, 0.25) is 0 Å². The second-order valence-corrected chi connectivity index (χ2v) is 16.7. The molecule has 0 amide bonds. The van der Waals surface area contributed by atoms with Crippen LogP contribution in [0.2, 0.25) is 0 Å². The summed E-state index contributed by atoms with van der Waals surface area (Å²) >= 11 is 0. The van der Waals surface area contributed by atoms with Crippen molar-refractivity contribution >= 4 is 43.6 Å². The highest BCUT2D eigenvalue weighted by molar-refractivity contribution is 6.12. The summed E-state index contributed by atoms with van der Waals surface area (Å²) in [5, 5.41) is 3.93. The second-order valence-electron chi connectivity index (χ2n) is 16.7. The molecule has 0 aliphatic carbocycles. The Labute approximate surface area is 367 Å². The van der Waals surface area contributed by atoms with Crippen LogP contribution >= 0.6 is 0 Å². The molecular formula is C56H40F3N5. The van der Waals surface area contributed by atoms with E-state index in [0.29, 0.717) is 34.2 Å². The molecule has 0 bridgehead atoms. The quantitative estimate of drug-likeness (QED) is 0.168. The predicted molar refractivity (Wildman–Crippen MR) is 254 cm³/mol. The topological polar surface area (TPSA) is 48.5 Å². The molecule has 11 rings (SSSR count). The molecule has 3 heterocycles. The van der Waals surface area contributed by atoms with Gasteiger partial charge in [-0.1, -0.05) is 125 Å². The average molecular weight is 840 g/mol. The van der Waals surface area contributed by atoms with Crippen molar-refractivity contribution in [1.82, 2.24) is 24.1 Å². The monoisotopic (exact) mass is 839 g/mol. The molecule has 0 aliphatic heterocycles. The maximum absolute atomic E-state index is 16.2. The molecule has 0 spiro atoms. The molecule has 0 saturated carbocycles. The molecule has 310 valence electrons. The van der Waals surface area contributed by atoms with Gasteiger partial charge < -0.3 is 9.13 Å². The van der Waals surface area contributed by atoms with E-state index in [2.05, 4.69) is 66.9 Å². The summed E-state index contributed by atoms with van der Waals surface area (Å²) in [6, 6.07) is 54.2. The number of nitrogens with zero attached hydrogens (tertiary/aromatic N) is 5. The third-order valence-electron chi connectivity index (χ3n) is 12.2. The van der Waals surface area contributed by atoms with E-state index in [4.69, 9.17) is 15.0 Å². The zero-order chi connectivity index (χ0) is 43.9. The van der Waals surface area contributed by atoms with Gasteiger partial charge in [0, 0.05) is 49.4 Å². The van der Waals surface area contributed by atoms with Gasteiger partial charge in [-0.2, -0.15) is 13.2 Å². The first-order valence-electron chi connectivity index (χ1n) is 21.3. The fourth-order valence-electron chi connectivity index (χ4n) is 9.35. The molecular weight excluding hydrogens is 800 g/mol. The first kappa shape index (κ1) is 39.0. The summed E-state index contributed by atoms with van der Waals surface area (Å²) in [5.74, 6) is 1.05. The van der Waals surface area contributed by atoms with E-state index in [1.807, 2.05) is 122 Å². The molecule has 64 heavy (non-hydrogen) atoms. The Morgan fingerprint density at radius 1 is 0.375 bits per heavy atom. The van der Waals surface area contributed by atoms with E-state index < -0.39 is 11.7 Å². The fourth-order valence-corrected chi connectivity index (χ4v) is 9.35. The van der Waals surface area contributed by atoms with Crippen LogP contribution in [0.3, 0.4) is 0 Å². The minimum Gasteiger partial charge on any atom is -0.309 e. The number of hydrogen-bond donors (Lipinski definition) is 0. The minimum atomic E-state index is -4.76. The molecule has 0 N–H and O–H groups in total. The summed E-state index contributed by atoms with van der Waals surface area (Å²) < 4.78 is 52.7. The van der Waals surface area contributed by atoms with Gasteiger partial charge in [0.05, 0.1) is 39.0 Å². The zero-order valence-corrected chi connectivity index (χ0v) is 35.5. The number of halogens is 3. The fraction of sp³-hybridized carbons (Fsp3) is 0.0893. The number of hydrogen-bond acceptors (Lipinski definition) is 3. The van der Waals surface area contributed by atoms with Crippen LogP contribution in [-0.4, -0.2) is 24.1 Å². The molecule has 0 atom stereocenters. The molecule has 5 nitrogen and oxygen atoms in total. The van der Waals surface area contributed by atoms with Gasteiger partial charge in [0.15, 0.2) is 17.5 Å². The lowest BCUT2D eigenvalue weighted by atomic mass is 9.90. The Bertz CT molecular complexity index is 3460. The van der Waals surface area contributed by atoms with Crippen LogP contribution in [0.5, 0.6) is 0 Å². The summed E-state index contributed by atoms with van der Waals surface area (Å²) in [5.41, 5.74) is 10.0. The van der Waals surface area contributed by atoms with Gasteiger partial charge in [-0.05, 0) is 94.4 Å². The van der Waals surface area contributed by atoms with E-state index >= 15 is 13.2 Å². The molecule has 8 aromatic carbocycles. The van der Waals surface area contributed by atoms with Gasteiger partial charge in [-0.3, -0.25) is 0 Å². The van der Waals surface area contributed by atoms with Crippen LogP contribution < -0.4 is 0 Å². The summed E-state index contributed by atoms with van der Waals surface area (Å²) in [7, 11) is 0. The number of fused-ring (bicyclic) bond motifs is 6. The van der Waals surface area contributed by atoms with E-state index in [0.717, 1.165) is 77.0 Å². The van der Waals surface area contributed by atoms with Crippen LogP contribution in [0.15, 0.2) is 170 Å². The molecule has 3 aromatic heterocycles. The van der Waals surface area contributed by atoms with Crippen molar-refractivity contribution in [2.24, 2.45) is 0 Å². The van der Waals surface area contributed by atoms with Gasteiger partial charge >= 0.3 is 6.18 Å². The standard InChI is InChI=1S/C56H40F3N5/c1-33-21-25-45-40(29-33)41-30-34(2)22-26-46(41)63(45)49-19-11-17-39(55-61-53(37-13-7-5-8-14-37)60-54(62-55)38-15-9-6-10-16-38)51(49)52-44(56(57,58)59)18-12-20-50(52)64-47-27-23-35(3)31-42(47)43-32-36(4)24-28-48(43)64/h5-32H,1-4H3. The first-order chi connectivity index (χ1) is 31.0. The van der Waals surface area contributed by atoms with Crippen molar-refractivity contribution in [3.8, 4) is 56.7 Å². The largest absolute Gasteiger partial charge is 0.417 e. The predicted octanol–water partition coefficient (Wildman–Crippen LogP) is 15.0. The third kappa shape index (κ3) is 6.44. The maximum Gasteiger partial charge on any atom is 0.417 e. The minimum absolute atomic E-state index is 0.0118. The Morgan fingerprint density at radius 3 is 1.16 bits per heavy atom. The van der Waals surface area contributed by atoms with Gasteiger partial charge in [-0.25, -0.2) is 15.0 Å². The molecule has 8 heteroatoms. The van der Waals surface area contributed by atoms with Crippen molar-refractivity contribution in [3.05, 3.63) is 198 Å². The number of aromatic nitrogens is 5. The first-order valence-corrected chi connectivity index (χ1v) is 21.3. The molecule has 0 saturated heterocycles. The molecule has 0 fully saturated rings. The Kier molecular flexibility index (Phi) is 9.10. The summed E-state index contributed by atoms with van der Waals surface area (Å²) in [6.07, 6.45) is -4.76. The third-order valence-corrected chi connectivity index (χ3v) is 12.2. The van der Waals surface area contributed by atoms with Crippen LogP contribution in [0.25, 0.3) is 100 Å². The average Bonchev–Trinajstić information content (AvgIpc) is 3.79. The highest BCUT2D eigenvalue weighted by Gasteiger charge is 2.38. The Morgan fingerprint density at radius 2 is 0.750 bits per heavy atom. The highest BCUT2D eigenvalue weighted by atomic mass is 19.4. The van der Waals surface area contributed by atoms with Gasteiger partial charge in [0.25, 0.3) is 0 Å². The van der Waals surface area contributed by atoms with E-state index in [1.165, 1.54) is 12.1 Å². The second kappa shape index (κ2) is 14.9. The normalized spacial score (nSPS) is 12.0. The van der Waals surface area contributed by atoms with Crippen molar-refractivity contribution in [3.63, 3.8) is 0 Å². The summed E-state index contributed by atoms with van der Waals surface area (Å²) in [6.45, 7) is 8.18. The number of benzene rings is 8. The van der Waals surface area contributed by atoms with Crippen LogP contribution in [0.1, 0.15) is 27.8 Å². The smallest absolute Gasteiger partial charge is 0.309 e. The Hall–Kier alpha value is -7.84. The van der Waals surface area contributed by atoms with Crippen LogP contribution in [-0.2, 0) is 6.18 Å². The SMILES string of the molecule is Cc1ccc2c(c1)c1cc(C)ccc1n2-c1cccc(-c2nc(-c3ccccc3)nc(-c3ccccc3)n2)c1-c1c(-n2c3ccc(C)cc3c3cc(C)ccc32)cccc1C(F)(F)F. The van der Waals surface area contributed by atoms with Crippen molar-refractivity contribution < 1.29 is 13.2 Å². The zero-order valence-electron chi connectivity index (χ0n) is 35.5. The van der Waals surface area contributed by atoms with Crippen LogP contribution in [0.4, 0.5) is 13.2 Å². The lowest BCUT2D eigenvalue weighted by Gasteiger charge is -2.24. The molecule has 0 radical (unpaired) electrons. The van der Waals surface area contributed by atoms with Crippen molar-refractivity contribution in [2.45, 2.75) is 33.9 Å². The Balaban J connectivity index is 1.34. The van der Waals surface area contributed by atoms with Crippen molar-refractivity contribution in [1.29, 1.82) is 0 Å².